The van der Waals surface area contributed by atoms with Crippen LogP contribution in [0.1, 0.15) is 12.0 Å². The lowest BCUT2D eigenvalue weighted by Gasteiger charge is -2.22. The molecule has 0 aliphatic carbocycles. The topological polar surface area (TPSA) is 52.6 Å². The highest BCUT2D eigenvalue weighted by atomic mass is 32.2. The predicted octanol–water partition coefficient (Wildman–Crippen LogP) is 3.09. The van der Waals surface area contributed by atoms with Gasteiger partial charge in [0.1, 0.15) is 0 Å². The number of hydrogen-bond donors (Lipinski definition) is 1. The fraction of sp³-hybridized carbons (Fsp3) is 0.294. The molecule has 0 saturated carbocycles. The van der Waals surface area contributed by atoms with Gasteiger partial charge in [-0.1, -0.05) is 18.2 Å². The van der Waals surface area contributed by atoms with E-state index in [4.69, 9.17) is 0 Å². The zero-order chi connectivity index (χ0) is 18.2. The summed E-state index contributed by atoms with van der Waals surface area (Å²) in [5, 5.41) is 2.96. The molecule has 1 aliphatic rings. The average Bonchev–Trinajstić information content (AvgIpc) is 2.81. The Hall–Kier alpha value is -2.19. The first-order valence-electron chi connectivity index (χ1n) is 7.91. The van der Waals surface area contributed by atoms with Crippen LogP contribution < -0.4 is 13.9 Å². The van der Waals surface area contributed by atoms with E-state index in [-0.39, 0.29) is 17.8 Å². The molecule has 0 aromatic heterocycles. The molecule has 2 aromatic carbocycles. The van der Waals surface area contributed by atoms with E-state index in [9.17, 15) is 17.2 Å². The number of nitrogens with one attached hydrogen (secondary N) is 1. The number of para-hydroxylation sites is 2. The number of anilines is 3. The molecule has 0 saturated heterocycles. The average molecular weight is 367 g/mol. The first-order chi connectivity index (χ1) is 11.9. The van der Waals surface area contributed by atoms with Gasteiger partial charge in [0.15, 0.2) is 11.6 Å². The fourth-order valence-corrected chi connectivity index (χ4v) is 4.63. The maximum Gasteiger partial charge on any atom is 0.331 e. The Bertz CT molecular complexity index is 903. The highest BCUT2D eigenvalue weighted by Gasteiger charge is 2.42. The summed E-state index contributed by atoms with van der Waals surface area (Å²) in [5.74, 6) is -2.21. The van der Waals surface area contributed by atoms with Crippen molar-refractivity contribution in [2.75, 3.05) is 28.7 Å². The van der Waals surface area contributed by atoms with Gasteiger partial charge >= 0.3 is 10.2 Å². The van der Waals surface area contributed by atoms with Gasteiger partial charge in [-0.25, -0.2) is 13.1 Å². The molecule has 2 aromatic rings. The summed E-state index contributed by atoms with van der Waals surface area (Å²) in [4.78, 5) is 0. The Kier molecular flexibility index (Phi) is 4.66. The van der Waals surface area contributed by atoms with Crippen molar-refractivity contribution >= 4 is 27.3 Å². The smallest absolute Gasteiger partial charge is 0.320 e. The van der Waals surface area contributed by atoms with E-state index >= 15 is 0 Å². The summed E-state index contributed by atoms with van der Waals surface area (Å²) in [6, 6.07) is 9.29. The largest absolute Gasteiger partial charge is 0.331 e. The number of benzene rings is 2. The summed E-state index contributed by atoms with van der Waals surface area (Å²) in [5.41, 5.74) is 0.580. The molecule has 0 radical (unpaired) electrons. The SMILES string of the molecule is CNCCCN1c2ccccc2N(c2ccc(C)c(F)c2F)S1(=O)=O. The van der Waals surface area contributed by atoms with Gasteiger partial charge in [0.2, 0.25) is 0 Å². The number of rotatable bonds is 5. The molecule has 0 unspecified atom stereocenters. The van der Waals surface area contributed by atoms with Crippen molar-refractivity contribution in [3.05, 3.63) is 53.6 Å². The van der Waals surface area contributed by atoms with Crippen molar-refractivity contribution in [2.24, 2.45) is 0 Å². The zero-order valence-electron chi connectivity index (χ0n) is 14.0. The van der Waals surface area contributed by atoms with Crippen LogP contribution in [0, 0.1) is 18.6 Å². The van der Waals surface area contributed by atoms with Gasteiger partial charge < -0.3 is 5.32 Å². The van der Waals surface area contributed by atoms with Crippen molar-refractivity contribution < 1.29 is 17.2 Å². The van der Waals surface area contributed by atoms with Crippen LogP contribution in [-0.2, 0) is 10.2 Å². The third-order valence-corrected chi connectivity index (χ3v) is 5.93. The molecule has 134 valence electrons. The Morgan fingerprint density at radius 2 is 1.68 bits per heavy atom. The van der Waals surface area contributed by atoms with Crippen LogP contribution in [0.4, 0.5) is 25.8 Å². The number of nitrogens with zero attached hydrogens (tertiary/aromatic N) is 2. The lowest BCUT2D eigenvalue weighted by atomic mass is 10.2. The summed E-state index contributed by atoms with van der Waals surface area (Å²) in [6.45, 7) is 2.31. The summed E-state index contributed by atoms with van der Waals surface area (Å²) in [7, 11) is -2.26. The Morgan fingerprint density at radius 3 is 2.36 bits per heavy atom. The number of fused-ring (bicyclic) bond motifs is 1. The lowest BCUT2D eigenvalue weighted by Crippen LogP contribution is -2.37. The van der Waals surface area contributed by atoms with Crippen LogP contribution in [0.25, 0.3) is 0 Å². The van der Waals surface area contributed by atoms with Crippen molar-refractivity contribution in [3.63, 3.8) is 0 Å². The predicted molar refractivity (Wildman–Crippen MR) is 94.5 cm³/mol. The zero-order valence-corrected chi connectivity index (χ0v) is 14.8. The van der Waals surface area contributed by atoms with E-state index in [2.05, 4.69) is 5.32 Å². The van der Waals surface area contributed by atoms with Crippen LogP contribution in [0.5, 0.6) is 0 Å². The molecular formula is C17H19F2N3O2S. The van der Waals surface area contributed by atoms with Gasteiger partial charge in [-0.05, 0) is 50.7 Å². The second kappa shape index (κ2) is 6.61. The number of aryl methyl sites for hydroxylation is 1. The van der Waals surface area contributed by atoms with Crippen molar-refractivity contribution in [2.45, 2.75) is 13.3 Å². The minimum absolute atomic E-state index is 0.122. The highest BCUT2D eigenvalue weighted by molar-refractivity contribution is 7.95. The second-order valence-corrected chi connectivity index (χ2v) is 7.52. The third-order valence-electron chi connectivity index (χ3n) is 4.14. The van der Waals surface area contributed by atoms with Crippen molar-refractivity contribution in [1.82, 2.24) is 5.32 Å². The minimum atomic E-state index is -4.04. The summed E-state index contributed by atoms with van der Waals surface area (Å²) in [6.07, 6.45) is 0.586. The molecule has 0 atom stereocenters. The highest BCUT2D eigenvalue weighted by Crippen LogP contribution is 2.46. The van der Waals surface area contributed by atoms with Crippen LogP contribution in [-0.4, -0.2) is 28.6 Å². The molecule has 3 rings (SSSR count). The lowest BCUT2D eigenvalue weighted by molar-refractivity contribution is 0.504. The fourth-order valence-electron chi connectivity index (χ4n) is 2.88. The molecule has 1 N–H and O–H groups in total. The molecule has 5 nitrogen and oxygen atoms in total. The third kappa shape index (κ3) is 2.85. The van der Waals surface area contributed by atoms with E-state index < -0.39 is 21.8 Å². The summed E-state index contributed by atoms with van der Waals surface area (Å²) < 4.78 is 56.7. The maximum absolute atomic E-state index is 14.5. The van der Waals surface area contributed by atoms with E-state index in [1.54, 1.807) is 31.3 Å². The van der Waals surface area contributed by atoms with E-state index in [0.717, 1.165) is 4.31 Å². The van der Waals surface area contributed by atoms with Gasteiger partial charge in [-0.2, -0.15) is 8.42 Å². The quantitative estimate of drug-likeness (QED) is 0.827. The van der Waals surface area contributed by atoms with E-state index in [1.165, 1.54) is 23.4 Å². The summed E-state index contributed by atoms with van der Waals surface area (Å²) >= 11 is 0. The Balaban J connectivity index is 2.13. The van der Waals surface area contributed by atoms with Gasteiger partial charge in [0.25, 0.3) is 0 Å². The van der Waals surface area contributed by atoms with Crippen molar-refractivity contribution in [1.29, 1.82) is 0 Å². The number of halogens is 2. The molecule has 0 bridgehead atoms. The van der Waals surface area contributed by atoms with Gasteiger partial charge in [0.05, 0.1) is 17.1 Å². The van der Waals surface area contributed by atoms with Crippen LogP contribution in [0.15, 0.2) is 36.4 Å². The van der Waals surface area contributed by atoms with E-state index in [1.807, 2.05) is 0 Å². The van der Waals surface area contributed by atoms with Gasteiger partial charge in [-0.15, -0.1) is 0 Å². The first-order valence-corrected chi connectivity index (χ1v) is 9.30. The molecule has 25 heavy (non-hydrogen) atoms. The molecular weight excluding hydrogens is 348 g/mol. The van der Waals surface area contributed by atoms with Gasteiger partial charge in [-0.3, -0.25) is 4.31 Å². The Morgan fingerprint density at radius 1 is 1.00 bits per heavy atom. The standard InChI is InChI=1S/C17H19F2N3O2S/c1-12-8-9-15(17(19)16(12)18)22-14-7-4-3-6-13(14)21(25(22,23)24)11-5-10-20-2/h3-4,6-9,20H,5,10-11H2,1-2H3. The molecule has 0 fully saturated rings. The van der Waals surface area contributed by atoms with Crippen LogP contribution in [0.3, 0.4) is 0 Å². The van der Waals surface area contributed by atoms with Crippen molar-refractivity contribution in [3.8, 4) is 0 Å². The maximum atomic E-state index is 14.5. The van der Waals surface area contributed by atoms with Crippen LogP contribution in [0.2, 0.25) is 0 Å². The number of hydrogen-bond acceptors (Lipinski definition) is 3. The molecule has 0 amide bonds. The molecule has 8 heteroatoms. The monoisotopic (exact) mass is 367 g/mol. The molecule has 1 aliphatic heterocycles. The van der Waals surface area contributed by atoms with Crippen LogP contribution >= 0.6 is 0 Å². The molecule has 1 heterocycles. The Labute approximate surface area is 146 Å². The first kappa shape index (κ1) is 17.6. The molecule has 0 spiro atoms. The van der Waals surface area contributed by atoms with E-state index in [0.29, 0.717) is 24.3 Å². The second-order valence-electron chi connectivity index (χ2n) is 5.82. The normalized spacial score (nSPS) is 15.5. The minimum Gasteiger partial charge on any atom is -0.320 e. The van der Waals surface area contributed by atoms with Gasteiger partial charge in [0, 0.05) is 6.54 Å².